The van der Waals surface area contributed by atoms with Crippen LogP contribution in [0.15, 0.2) is 71.8 Å². The number of carboxylic acid groups (broad SMARTS) is 2. The number of carboxylic acids is 2. The second-order valence-corrected chi connectivity index (χ2v) is 6.25. The summed E-state index contributed by atoms with van der Waals surface area (Å²) in [5.41, 5.74) is 2.30. The number of benzene rings is 2. The van der Waals surface area contributed by atoms with Gasteiger partial charge in [0.15, 0.2) is 0 Å². The minimum atomic E-state index is -1.13. The van der Waals surface area contributed by atoms with Crippen molar-refractivity contribution < 1.29 is 19.8 Å². The van der Waals surface area contributed by atoms with Crippen LogP contribution in [0, 0.1) is 0 Å². The Morgan fingerprint density at radius 3 is 1.27 bits per heavy atom. The zero-order valence-electron chi connectivity index (χ0n) is 14.7. The maximum Gasteiger partial charge on any atom is 0.332 e. The Labute approximate surface area is 153 Å². The monoisotopic (exact) mass is 352 g/mol. The molecule has 0 aromatic heterocycles. The predicted octanol–water partition coefficient (Wildman–Crippen LogP) is 4.50. The average Bonchev–Trinajstić information content (AvgIpc) is 2.64. The van der Waals surface area contributed by atoms with Crippen LogP contribution in [0.3, 0.4) is 0 Å². The summed E-state index contributed by atoms with van der Waals surface area (Å²) < 4.78 is 0. The Kier molecular flexibility index (Phi) is 7.62. The van der Waals surface area contributed by atoms with E-state index in [-0.39, 0.29) is 24.0 Å². The summed E-state index contributed by atoms with van der Waals surface area (Å²) in [4.78, 5) is 23.2. The van der Waals surface area contributed by atoms with E-state index in [2.05, 4.69) is 0 Å². The molecule has 0 heterocycles. The average molecular weight is 352 g/mol. The fraction of sp³-hybridized carbons (Fsp3) is 0.273. The largest absolute Gasteiger partial charge is 0.478 e. The lowest BCUT2D eigenvalue weighted by molar-refractivity contribution is -0.136. The molecule has 2 aromatic carbocycles. The first kappa shape index (κ1) is 19.4. The lowest BCUT2D eigenvalue weighted by Gasteiger charge is -2.10. The molecule has 2 rings (SSSR count). The molecule has 0 unspecified atom stereocenters. The summed E-state index contributed by atoms with van der Waals surface area (Å²) in [7, 11) is 0. The number of rotatable bonds is 10. The molecule has 0 radical (unpaired) electrons. The van der Waals surface area contributed by atoms with E-state index in [0.29, 0.717) is 12.8 Å². The highest BCUT2D eigenvalue weighted by Gasteiger charge is 2.19. The number of hydrogen-bond donors (Lipinski definition) is 2. The third-order valence-corrected chi connectivity index (χ3v) is 4.35. The van der Waals surface area contributed by atoms with Gasteiger partial charge in [-0.05, 0) is 49.7 Å². The van der Waals surface area contributed by atoms with Gasteiger partial charge in [0.25, 0.3) is 0 Å². The Balaban J connectivity index is 2.00. The van der Waals surface area contributed by atoms with E-state index in [1.165, 1.54) is 0 Å². The van der Waals surface area contributed by atoms with Crippen LogP contribution in [0.25, 0.3) is 0 Å². The molecule has 0 bridgehead atoms. The van der Waals surface area contributed by atoms with Gasteiger partial charge in [0.1, 0.15) is 0 Å². The van der Waals surface area contributed by atoms with Gasteiger partial charge in [0.2, 0.25) is 0 Å². The highest BCUT2D eigenvalue weighted by atomic mass is 16.4. The van der Waals surface area contributed by atoms with Crippen LogP contribution < -0.4 is 0 Å². The van der Waals surface area contributed by atoms with Crippen molar-refractivity contribution in [3.05, 3.63) is 82.9 Å². The smallest absolute Gasteiger partial charge is 0.332 e. The molecule has 26 heavy (non-hydrogen) atoms. The van der Waals surface area contributed by atoms with Crippen molar-refractivity contribution >= 4 is 11.9 Å². The number of hydrogen-bond acceptors (Lipinski definition) is 2. The van der Waals surface area contributed by atoms with E-state index in [1.54, 1.807) is 0 Å². The molecule has 2 aromatic rings. The van der Waals surface area contributed by atoms with E-state index < -0.39 is 11.9 Å². The van der Waals surface area contributed by atoms with Crippen LogP contribution in [0.4, 0.5) is 0 Å². The fourth-order valence-corrected chi connectivity index (χ4v) is 3.00. The summed E-state index contributed by atoms with van der Waals surface area (Å²) in [5.74, 6) is -2.26. The van der Waals surface area contributed by atoms with E-state index in [0.717, 1.165) is 24.0 Å². The highest BCUT2D eigenvalue weighted by Crippen LogP contribution is 2.20. The Morgan fingerprint density at radius 1 is 0.615 bits per heavy atom. The van der Waals surface area contributed by atoms with E-state index in [9.17, 15) is 19.8 Å². The maximum absolute atomic E-state index is 11.6. The molecular weight excluding hydrogens is 328 g/mol. The van der Waals surface area contributed by atoms with Crippen LogP contribution in [0.1, 0.15) is 36.8 Å². The Bertz CT molecular complexity index is 683. The topological polar surface area (TPSA) is 74.6 Å². The summed E-state index contributed by atoms with van der Waals surface area (Å²) >= 11 is 0. The third kappa shape index (κ3) is 6.20. The van der Waals surface area contributed by atoms with Gasteiger partial charge in [-0.25, -0.2) is 9.59 Å². The van der Waals surface area contributed by atoms with Crippen molar-refractivity contribution in [2.75, 3.05) is 0 Å². The van der Waals surface area contributed by atoms with Crippen molar-refractivity contribution in [1.29, 1.82) is 0 Å². The first-order chi connectivity index (χ1) is 12.6. The van der Waals surface area contributed by atoms with Gasteiger partial charge in [0.05, 0.1) is 0 Å². The van der Waals surface area contributed by atoms with Gasteiger partial charge >= 0.3 is 11.9 Å². The summed E-state index contributed by atoms with van der Waals surface area (Å²) in [5, 5.41) is 19.0. The zero-order valence-corrected chi connectivity index (χ0v) is 14.7. The summed E-state index contributed by atoms with van der Waals surface area (Å²) in [6.45, 7) is 0. The molecule has 0 fully saturated rings. The van der Waals surface area contributed by atoms with Gasteiger partial charge < -0.3 is 10.2 Å². The standard InChI is InChI=1S/C22H24O4/c23-21(24)19(15-7-13-17-9-3-1-4-10-17)20(22(25)26)16-8-14-18-11-5-2-6-12-18/h1-6,9-12H,7-8,13-16H2,(H,23,24)(H,25,26)/b20-19+. The third-order valence-electron chi connectivity index (χ3n) is 4.35. The second kappa shape index (κ2) is 10.2. The Hall–Kier alpha value is -2.88. The summed E-state index contributed by atoms with van der Waals surface area (Å²) in [6, 6.07) is 19.6. The van der Waals surface area contributed by atoms with Crippen LogP contribution in [0.2, 0.25) is 0 Å². The maximum atomic E-state index is 11.6. The molecule has 0 aliphatic carbocycles. The molecular formula is C22H24O4. The lowest BCUT2D eigenvalue weighted by Crippen LogP contribution is -2.12. The van der Waals surface area contributed by atoms with Crippen molar-refractivity contribution in [3.63, 3.8) is 0 Å². The molecule has 4 heteroatoms. The normalized spacial score (nSPS) is 11.7. The quantitative estimate of drug-likeness (QED) is 0.618. The minimum absolute atomic E-state index is 0.0292. The Morgan fingerprint density at radius 2 is 0.962 bits per heavy atom. The van der Waals surface area contributed by atoms with Crippen LogP contribution in [-0.4, -0.2) is 22.2 Å². The van der Waals surface area contributed by atoms with Crippen molar-refractivity contribution in [1.82, 2.24) is 0 Å². The van der Waals surface area contributed by atoms with E-state index in [1.807, 2.05) is 60.7 Å². The molecule has 2 N–H and O–H groups in total. The molecule has 0 saturated heterocycles. The van der Waals surface area contributed by atoms with E-state index in [4.69, 9.17) is 0 Å². The summed E-state index contributed by atoms with van der Waals surface area (Å²) in [6.07, 6.45) is 3.21. The minimum Gasteiger partial charge on any atom is -0.478 e. The zero-order chi connectivity index (χ0) is 18.8. The predicted molar refractivity (Wildman–Crippen MR) is 101 cm³/mol. The fourth-order valence-electron chi connectivity index (χ4n) is 3.00. The molecule has 0 aliphatic heterocycles. The van der Waals surface area contributed by atoms with E-state index >= 15 is 0 Å². The van der Waals surface area contributed by atoms with Gasteiger partial charge in [-0.15, -0.1) is 0 Å². The molecule has 0 spiro atoms. The van der Waals surface area contributed by atoms with Gasteiger partial charge in [-0.2, -0.15) is 0 Å². The van der Waals surface area contributed by atoms with Gasteiger partial charge in [-0.1, -0.05) is 60.7 Å². The van der Waals surface area contributed by atoms with Gasteiger partial charge in [0, 0.05) is 11.1 Å². The van der Waals surface area contributed by atoms with Crippen molar-refractivity contribution in [3.8, 4) is 0 Å². The first-order valence-corrected chi connectivity index (χ1v) is 8.84. The first-order valence-electron chi connectivity index (χ1n) is 8.84. The molecule has 0 saturated carbocycles. The van der Waals surface area contributed by atoms with Crippen molar-refractivity contribution in [2.24, 2.45) is 0 Å². The van der Waals surface area contributed by atoms with Crippen LogP contribution in [-0.2, 0) is 22.4 Å². The second-order valence-electron chi connectivity index (χ2n) is 6.25. The molecule has 0 aliphatic rings. The number of carbonyl (C=O) groups is 2. The number of aliphatic carboxylic acids is 2. The molecule has 4 nitrogen and oxygen atoms in total. The SMILES string of the molecule is O=C(O)/C(CCCc1ccccc1)=C(\CCCc1ccccc1)C(=O)O. The highest BCUT2D eigenvalue weighted by molar-refractivity contribution is 5.98. The van der Waals surface area contributed by atoms with Crippen LogP contribution >= 0.6 is 0 Å². The van der Waals surface area contributed by atoms with Gasteiger partial charge in [-0.3, -0.25) is 0 Å². The number of aryl methyl sites for hydroxylation is 2. The molecule has 0 amide bonds. The van der Waals surface area contributed by atoms with Crippen molar-refractivity contribution in [2.45, 2.75) is 38.5 Å². The lowest BCUT2D eigenvalue weighted by atomic mass is 9.96. The molecule has 136 valence electrons. The molecule has 0 atom stereocenters. The van der Waals surface area contributed by atoms with Crippen LogP contribution in [0.5, 0.6) is 0 Å².